The lowest BCUT2D eigenvalue weighted by Crippen LogP contribution is -2.48. The second kappa shape index (κ2) is 9.53. The first-order valence-electron chi connectivity index (χ1n) is 8.93. The molecular formula is C20H25N3O5S. The zero-order valence-corrected chi connectivity index (χ0v) is 17.5. The number of hydrogen-bond donors (Lipinski definition) is 3. The first-order chi connectivity index (χ1) is 13.6. The van der Waals surface area contributed by atoms with E-state index in [0.29, 0.717) is 5.56 Å². The minimum absolute atomic E-state index is 0.0148. The number of nitrogens with zero attached hydrogens (tertiary/aromatic N) is 1. The van der Waals surface area contributed by atoms with Crippen LogP contribution in [0.1, 0.15) is 25.0 Å². The molecule has 0 saturated heterocycles. The van der Waals surface area contributed by atoms with Gasteiger partial charge in [-0.3, -0.25) is 4.79 Å². The Bertz CT molecular complexity index is 986. The number of rotatable bonds is 8. The number of nitrogens with one attached hydrogen (secondary N) is 2. The smallest absolute Gasteiger partial charge is 0.258 e. The van der Waals surface area contributed by atoms with Crippen molar-refractivity contribution < 1.29 is 23.1 Å². The summed E-state index contributed by atoms with van der Waals surface area (Å²) in [5, 5.41) is 13.5. The van der Waals surface area contributed by atoms with Gasteiger partial charge in [0.2, 0.25) is 10.0 Å². The number of aromatic hydroxyl groups is 1. The van der Waals surface area contributed by atoms with Crippen molar-refractivity contribution in [1.29, 1.82) is 0 Å². The topological polar surface area (TPSA) is 117 Å². The fraction of sp³-hybridized carbons (Fsp3) is 0.300. The average Bonchev–Trinajstić information content (AvgIpc) is 2.67. The number of hydrogen-bond acceptors (Lipinski definition) is 6. The summed E-state index contributed by atoms with van der Waals surface area (Å²) < 4.78 is 32.6. The van der Waals surface area contributed by atoms with E-state index in [1.54, 1.807) is 38.1 Å². The largest absolute Gasteiger partial charge is 0.504 e. The number of amides is 1. The van der Waals surface area contributed by atoms with Gasteiger partial charge in [0.15, 0.2) is 11.5 Å². The average molecular weight is 420 g/mol. The molecule has 0 saturated carbocycles. The van der Waals surface area contributed by atoms with Crippen LogP contribution in [0.3, 0.4) is 0 Å². The maximum atomic E-state index is 12.6. The van der Waals surface area contributed by atoms with Crippen LogP contribution in [0.25, 0.3) is 0 Å². The van der Waals surface area contributed by atoms with Crippen molar-refractivity contribution in [3.8, 4) is 11.5 Å². The van der Waals surface area contributed by atoms with Crippen LogP contribution in [0, 0.1) is 12.8 Å². The number of sulfonamides is 1. The molecule has 8 nitrogen and oxygen atoms in total. The summed E-state index contributed by atoms with van der Waals surface area (Å²) in [5.74, 6) is -0.637. The second-order valence-electron chi connectivity index (χ2n) is 6.82. The van der Waals surface area contributed by atoms with Gasteiger partial charge in [0.1, 0.15) is 6.04 Å². The van der Waals surface area contributed by atoms with Crippen molar-refractivity contribution in [2.24, 2.45) is 11.0 Å². The lowest BCUT2D eigenvalue weighted by Gasteiger charge is -2.20. The van der Waals surface area contributed by atoms with Gasteiger partial charge in [0.05, 0.1) is 18.2 Å². The molecule has 1 amide bonds. The predicted molar refractivity (Wildman–Crippen MR) is 111 cm³/mol. The van der Waals surface area contributed by atoms with Gasteiger partial charge in [0.25, 0.3) is 5.91 Å². The lowest BCUT2D eigenvalue weighted by atomic mass is 10.1. The van der Waals surface area contributed by atoms with E-state index in [1.165, 1.54) is 31.5 Å². The first kappa shape index (κ1) is 22.4. The van der Waals surface area contributed by atoms with Crippen molar-refractivity contribution in [2.75, 3.05) is 7.11 Å². The molecule has 0 unspecified atom stereocenters. The third-order valence-corrected chi connectivity index (χ3v) is 5.61. The van der Waals surface area contributed by atoms with Crippen LogP contribution in [0.5, 0.6) is 11.5 Å². The Kier molecular flexibility index (Phi) is 7.35. The summed E-state index contributed by atoms with van der Waals surface area (Å²) in [6, 6.07) is 9.93. The lowest BCUT2D eigenvalue weighted by molar-refractivity contribution is -0.123. The summed E-state index contributed by atoms with van der Waals surface area (Å²) in [4.78, 5) is 12.6. The zero-order valence-electron chi connectivity index (χ0n) is 16.7. The standard InChI is InChI=1S/C20H25N3O5S/c1-13(2)19(23-29(26,27)16-8-5-14(3)6-9-16)20(25)22-21-12-15-7-10-17(24)18(11-15)28-4/h5-13,19,23-24H,1-4H3,(H,22,25)/b21-12-/t19-/m1/s1. The number of hydrazone groups is 1. The summed E-state index contributed by atoms with van der Waals surface area (Å²) in [6.07, 6.45) is 1.37. The normalized spacial score (nSPS) is 12.9. The van der Waals surface area contributed by atoms with E-state index in [2.05, 4.69) is 15.2 Å². The van der Waals surface area contributed by atoms with E-state index in [0.717, 1.165) is 5.56 Å². The molecule has 0 heterocycles. The zero-order chi connectivity index (χ0) is 21.6. The molecule has 1 atom stereocenters. The Morgan fingerprint density at radius 2 is 1.83 bits per heavy atom. The second-order valence-corrected chi connectivity index (χ2v) is 8.54. The minimum atomic E-state index is -3.86. The number of ether oxygens (including phenoxy) is 1. The quantitative estimate of drug-likeness (QED) is 0.448. The first-order valence-corrected chi connectivity index (χ1v) is 10.4. The number of carbonyl (C=O) groups is 1. The van der Waals surface area contributed by atoms with Gasteiger partial charge in [-0.05, 0) is 48.7 Å². The molecule has 0 aliphatic rings. The molecule has 0 aromatic heterocycles. The highest BCUT2D eigenvalue weighted by molar-refractivity contribution is 7.89. The Morgan fingerprint density at radius 1 is 1.17 bits per heavy atom. The molecule has 9 heteroatoms. The van der Waals surface area contributed by atoms with E-state index < -0.39 is 22.0 Å². The molecule has 2 aromatic rings. The van der Waals surface area contributed by atoms with Crippen LogP contribution in [0.15, 0.2) is 52.5 Å². The molecule has 2 rings (SSSR count). The molecule has 0 radical (unpaired) electrons. The van der Waals surface area contributed by atoms with Crippen molar-refractivity contribution in [1.82, 2.24) is 10.1 Å². The highest BCUT2D eigenvalue weighted by Crippen LogP contribution is 2.25. The number of phenols is 1. The van der Waals surface area contributed by atoms with Gasteiger partial charge in [-0.25, -0.2) is 13.8 Å². The molecule has 0 fully saturated rings. The van der Waals surface area contributed by atoms with E-state index in [4.69, 9.17) is 4.74 Å². The van der Waals surface area contributed by atoms with E-state index in [9.17, 15) is 18.3 Å². The Balaban J connectivity index is 2.10. The van der Waals surface area contributed by atoms with E-state index >= 15 is 0 Å². The summed E-state index contributed by atoms with van der Waals surface area (Å²) in [7, 11) is -2.44. The SMILES string of the molecule is COc1cc(/C=N\NC(=O)[C@H](NS(=O)(=O)c2ccc(C)cc2)C(C)C)ccc1O. The molecule has 0 aliphatic heterocycles. The number of carbonyl (C=O) groups excluding carboxylic acids is 1. The van der Waals surface area contributed by atoms with Gasteiger partial charge >= 0.3 is 0 Å². The van der Waals surface area contributed by atoms with Gasteiger partial charge in [-0.1, -0.05) is 31.5 Å². The van der Waals surface area contributed by atoms with Crippen molar-refractivity contribution in [3.63, 3.8) is 0 Å². The van der Waals surface area contributed by atoms with Crippen molar-refractivity contribution in [2.45, 2.75) is 31.7 Å². The number of methoxy groups -OCH3 is 1. The summed E-state index contributed by atoms with van der Waals surface area (Å²) in [5.41, 5.74) is 3.87. The Morgan fingerprint density at radius 3 is 2.41 bits per heavy atom. The van der Waals surface area contributed by atoms with Crippen LogP contribution in [0.4, 0.5) is 0 Å². The van der Waals surface area contributed by atoms with Crippen molar-refractivity contribution >= 4 is 22.1 Å². The van der Waals surface area contributed by atoms with E-state index in [1.807, 2.05) is 6.92 Å². The summed E-state index contributed by atoms with van der Waals surface area (Å²) in [6.45, 7) is 5.32. The Labute approximate surface area is 170 Å². The van der Waals surface area contributed by atoms with Crippen LogP contribution < -0.4 is 14.9 Å². The number of aryl methyl sites for hydroxylation is 1. The molecule has 0 aliphatic carbocycles. The molecule has 3 N–H and O–H groups in total. The Hall–Kier alpha value is -2.91. The van der Waals surface area contributed by atoms with Gasteiger partial charge in [-0.2, -0.15) is 9.82 Å². The molecular weight excluding hydrogens is 394 g/mol. The third-order valence-electron chi connectivity index (χ3n) is 4.15. The molecule has 0 spiro atoms. The van der Waals surface area contributed by atoms with Crippen LogP contribution >= 0.6 is 0 Å². The van der Waals surface area contributed by atoms with Gasteiger partial charge in [-0.15, -0.1) is 0 Å². The van der Waals surface area contributed by atoms with Crippen LogP contribution in [-0.2, 0) is 14.8 Å². The van der Waals surface area contributed by atoms with Crippen molar-refractivity contribution in [3.05, 3.63) is 53.6 Å². The van der Waals surface area contributed by atoms with Gasteiger partial charge in [0, 0.05) is 0 Å². The summed E-state index contributed by atoms with van der Waals surface area (Å²) >= 11 is 0. The van der Waals surface area contributed by atoms with Gasteiger partial charge < -0.3 is 9.84 Å². The third kappa shape index (κ3) is 6.03. The highest BCUT2D eigenvalue weighted by atomic mass is 32.2. The molecule has 2 aromatic carbocycles. The van der Waals surface area contributed by atoms with Crippen LogP contribution in [-0.4, -0.2) is 38.8 Å². The predicted octanol–water partition coefficient (Wildman–Crippen LogP) is 2.16. The minimum Gasteiger partial charge on any atom is -0.504 e. The fourth-order valence-corrected chi connectivity index (χ4v) is 3.80. The number of phenolic OH excluding ortho intramolecular Hbond substituents is 1. The molecule has 0 bridgehead atoms. The maximum absolute atomic E-state index is 12.6. The molecule has 29 heavy (non-hydrogen) atoms. The highest BCUT2D eigenvalue weighted by Gasteiger charge is 2.28. The van der Waals surface area contributed by atoms with E-state index in [-0.39, 0.29) is 22.3 Å². The fourth-order valence-electron chi connectivity index (χ4n) is 2.46. The van der Waals surface area contributed by atoms with Crippen LogP contribution in [0.2, 0.25) is 0 Å². The maximum Gasteiger partial charge on any atom is 0.258 e. The monoisotopic (exact) mass is 419 g/mol. The number of benzene rings is 2. The molecule has 156 valence electrons.